The third kappa shape index (κ3) is 3.69. The zero-order chi connectivity index (χ0) is 15.0. The number of hydrogen-bond acceptors (Lipinski definition) is 3. The number of nitrogens with two attached hydrogens (primary N) is 1. The molecular formula is C11H14F3N3O2S. The van der Waals surface area contributed by atoms with E-state index in [0.717, 1.165) is 5.56 Å². The second-order valence-corrected chi connectivity index (χ2v) is 6.13. The van der Waals surface area contributed by atoms with Crippen molar-refractivity contribution < 1.29 is 21.6 Å². The lowest BCUT2D eigenvalue weighted by atomic mass is 10.1. The van der Waals surface area contributed by atoms with Crippen LogP contribution in [0, 0.1) is 0 Å². The van der Waals surface area contributed by atoms with Gasteiger partial charge in [-0.05, 0) is 17.5 Å². The van der Waals surface area contributed by atoms with E-state index in [2.05, 4.69) is 4.72 Å². The van der Waals surface area contributed by atoms with Crippen LogP contribution in [-0.4, -0.2) is 27.2 Å². The Hall–Kier alpha value is -1.16. The first-order chi connectivity index (χ1) is 9.18. The Kier molecular flexibility index (Phi) is 4.05. The molecule has 0 saturated heterocycles. The summed E-state index contributed by atoms with van der Waals surface area (Å²) in [5, 5.41) is 0. The fourth-order valence-electron chi connectivity index (χ4n) is 2.16. The molecule has 1 aliphatic carbocycles. The second-order valence-electron chi connectivity index (χ2n) is 4.60. The Bertz CT molecular complexity index is 589. The van der Waals surface area contributed by atoms with Gasteiger partial charge in [0.15, 0.2) is 0 Å². The van der Waals surface area contributed by atoms with Gasteiger partial charge in [-0.1, -0.05) is 24.3 Å². The summed E-state index contributed by atoms with van der Waals surface area (Å²) in [6.07, 6.45) is -4.13. The first kappa shape index (κ1) is 15.2. The summed E-state index contributed by atoms with van der Waals surface area (Å²) < 4.78 is 63.0. The van der Waals surface area contributed by atoms with Gasteiger partial charge in [-0.15, -0.1) is 0 Å². The number of halogens is 3. The van der Waals surface area contributed by atoms with Gasteiger partial charge in [-0.2, -0.15) is 31.0 Å². The molecule has 0 aromatic heterocycles. The molecule has 2 unspecified atom stereocenters. The van der Waals surface area contributed by atoms with Crippen molar-refractivity contribution in [2.24, 2.45) is 5.73 Å². The normalized spacial score (nSPS) is 22.8. The first-order valence-corrected chi connectivity index (χ1v) is 7.33. The van der Waals surface area contributed by atoms with E-state index in [-0.39, 0.29) is 0 Å². The van der Waals surface area contributed by atoms with Crippen LogP contribution >= 0.6 is 0 Å². The largest absolute Gasteiger partial charge is 0.402 e. The highest BCUT2D eigenvalue weighted by Gasteiger charge is 2.34. The molecule has 5 nitrogen and oxygen atoms in total. The van der Waals surface area contributed by atoms with Crippen molar-refractivity contribution in [1.29, 1.82) is 0 Å². The van der Waals surface area contributed by atoms with Crippen LogP contribution in [0.25, 0.3) is 0 Å². The van der Waals surface area contributed by atoms with Crippen molar-refractivity contribution in [1.82, 2.24) is 9.44 Å². The molecule has 0 bridgehead atoms. The van der Waals surface area contributed by atoms with E-state index >= 15 is 0 Å². The summed E-state index contributed by atoms with van der Waals surface area (Å²) in [5.41, 5.74) is 7.43. The van der Waals surface area contributed by atoms with Crippen molar-refractivity contribution in [2.75, 3.05) is 6.54 Å². The molecule has 0 amide bonds. The standard InChI is InChI=1S/C11H14F3N3O2S/c12-11(13,14)6-16-20(18,19)17-10-8-4-2-1-3-7(8)5-9(10)15/h1-4,9-10,16-17H,5-6,15H2. The Morgan fingerprint density at radius 2 is 1.95 bits per heavy atom. The Morgan fingerprint density at radius 1 is 1.30 bits per heavy atom. The van der Waals surface area contributed by atoms with Crippen molar-refractivity contribution in [3.05, 3.63) is 35.4 Å². The number of benzene rings is 1. The monoisotopic (exact) mass is 309 g/mol. The lowest BCUT2D eigenvalue weighted by molar-refractivity contribution is -0.121. The van der Waals surface area contributed by atoms with Crippen molar-refractivity contribution in [3.8, 4) is 0 Å². The summed E-state index contributed by atoms with van der Waals surface area (Å²) >= 11 is 0. The van der Waals surface area contributed by atoms with Crippen LogP contribution in [0.3, 0.4) is 0 Å². The van der Waals surface area contributed by atoms with E-state index in [1.165, 1.54) is 4.72 Å². The Labute approximate surface area is 114 Å². The maximum absolute atomic E-state index is 12.0. The maximum Gasteiger partial charge on any atom is 0.402 e. The van der Waals surface area contributed by atoms with E-state index in [9.17, 15) is 21.6 Å². The lowest BCUT2D eigenvalue weighted by Gasteiger charge is -2.19. The van der Waals surface area contributed by atoms with Gasteiger partial charge in [-0.3, -0.25) is 0 Å². The molecule has 0 heterocycles. The highest BCUT2D eigenvalue weighted by Crippen LogP contribution is 2.30. The zero-order valence-electron chi connectivity index (χ0n) is 10.3. The molecule has 0 saturated carbocycles. The number of hydrogen-bond donors (Lipinski definition) is 3. The molecule has 2 atom stereocenters. The van der Waals surface area contributed by atoms with Gasteiger partial charge in [-0.25, -0.2) is 0 Å². The molecule has 0 fully saturated rings. The lowest BCUT2D eigenvalue weighted by Crippen LogP contribution is -2.46. The molecule has 20 heavy (non-hydrogen) atoms. The number of fused-ring (bicyclic) bond motifs is 1. The summed E-state index contributed by atoms with van der Waals surface area (Å²) in [6.45, 7) is -1.62. The minimum atomic E-state index is -4.61. The first-order valence-electron chi connectivity index (χ1n) is 5.85. The van der Waals surface area contributed by atoms with Gasteiger partial charge >= 0.3 is 6.18 Å². The maximum atomic E-state index is 12.0. The minimum Gasteiger partial charge on any atom is -0.326 e. The van der Waals surface area contributed by atoms with Gasteiger partial charge in [0.05, 0.1) is 6.04 Å². The van der Waals surface area contributed by atoms with Crippen LogP contribution in [0.2, 0.25) is 0 Å². The molecule has 9 heteroatoms. The highest BCUT2D eigenvalue weighted by atomic mass is 32.2. The average molecular weight is 309 g/mol. The molecule has 0 aliphatic heterocycles. The smallest absolute Gasteiger partial charge is 0.326 e. The summed E-state index contributed by atoms with van der Waals surface area (Å²) in [7, 11) is -4.27. The quantitative estimate of drug-likeness (QED) is 0.761. The average Bonchev–Trinajstić information content (AvgIpc) is 2.63. The number of nitrogens with one attached hydrogen (secondary N) is 2. The van der Waals surface area contributed by atoms with Gasteiger partial charge < -0.3 is 5.73 Å². The predicted octanol–water partition coefficient (Wildman–Crippen LogP) is 0.597. The van der Waals surface area contributed by atoms with Crippen LogP contribution in [0.5, 0.6) is 0 Å². The summed E-state index contributed by atoms with van der Waals surface area (Å²) in [5.74, 6) is 0. The third-order valence-electron chi connectivity index (χ3n) is 3.02. The molecule has 4 N–H and O–H groups in total. The fraction of sp³-hybridized carbons (Fsp3) is 0.455. The Balaban J connectivity index is 2.10. The molecule has 0 spiro atoms. The van der Waals surface area contributed by atoms with Crippen molar-refractivity contribution in [3.63, 3.8) is 0 Å². The van der Waals surface area contributed by atoms with E-state index in [4.69, 9.17) is 5.73 Å². The molecule has 2 rings (SSSR count). The second kappa shape index (κ2) is 5.32. The van der Waals surface area contributed by atoms with E-state index in [1.54, 1.807) is 18.2 Å². The third-order valence-corrected chi connectivity index (χ3v) is 4.11. The highest BCUT2D eigenvalue weighted by molar-refractivity contribution is 7.87. The molecule has 0 radical (unpaired) electrons. The molecule has 1 aliphatic rings. The van der Waals surface area contributed by atoms with Crippen LogP contribution < -0.4 is 15.2 Å². The van der Waals surface area contributed by atoms with Gasteiger partial charge in [0, 0.05) is 6.04 Å². The molecule has 1 aromatic rings. The zero-order valence-corrected chi connectivity index (χ0v) is 11.1. The van der Waals surface area contributed by atoms with E-state index < -0.39 is 35.0 Å². The van der Waals surface area contributed by atoms with Gasteiger partial charge in [0.25, 0.3) is 10.2 Å². The van der Waals surface area contributed by atoms with Gasteiger partial charge in [0.2, 0.25) is 0 Å². The van der Waals surface area contributed by atoms with E-state index in [0.29, 0.717) is 12.0 Å². The molecule has 112 valence electrons. The number of alkyl halides is 3. The van der Waals surface area contributed by atoms with Crippen LogP contribution in [-0.2, 0) is 16.6 Å². The molecular weight excluding hydrogens is 295 g/mol. The SMILES string of the molecule is NC1Cc2ccccc2C1NS(=O)(=O)NCC(F)(F)F. The number of rotatable bonds is 4. The van der Waals surface area contributed by atoms with Crippen molar-refractivity contribution >= 4 is 10.2 Å². The fourth-order valence-corrected chi connectivity index (χ4v) is 3.24. The topological polar surface area (TPSA) is 84.2 Å². The van der Waals surface area contributed by atoms with E-state index in [1.807, 2.05) is 6.07 Å². The van der Waals surface area contributed by atoms with Crippen LogP contribution in [0.1, 0.15) is 17.2 Å². The predicted molar refractivity (Wildman–Crippen MR) is 67.0 cm³/mol. The minimum absolute atomic E-state index is 0.475. The van der Waals surface area contributed by atoms with Crippen molar-refractivity contribution in [2.45, 2.75) is 24.7 Å². The van der Waals surface area contributed by atoms with Gasteiger partial charge in [0.1, 0.15) is 6.54 Å². The molecule has 1 aromatic carbocycles. The summed E-state index contributed by atoms with van der Waals surface area (Å²) in [4.78, 5) is 0. The Morgan fingerprint density at radius 3 is 2.60 bits per heavy atom. The van der Waals surface area contributed by atoms with Crippen LogP contribution in [0.4, 0.5) is 13.2 Å². The van der Waals surface area contributed by atoms with Crippen LogP contribution in [0.15, 0.2) is 24.3 Å². The summed E-state index contributed by atoms with van der Waals surface area (Å²) in [6, 6.07) is 5.81.